The van der Waals surface area contributed by atoms with Crippen molar-refractivity contribution in [2.75, 3.05) is 22.1 Å². The van der Waals surface area contributed by atoms with E-state index in [4.69, 9.17) is 11.5 Å². The lowest BCUT2D eigenvalue weighted by molar-refractivity contribution is -0.136. The SMILES string of the molecule is Cc1cc(C(=O)Nc2ccc(-c3ccc(NC(=O)c4ccc(N)c(C(F)(F)F)c4)cc3)cc2)ccc1N. The van der Waals surface area contributed by atoms with Crippen molar-refractivity contribution in [3.8, 4) is 11.1 Å². The number of carbonyl (C=O) groups is 2. The molecule has 4 rings (SSSR count). The summed E-state index contributed by atoms with van der Waals surface area (Å²) >= 11 is 0. The van der Waals surface area contributed by atoms with E-state index >= 15 is 0 Å². The maximum Gasteiger partial charge on any atom is 0.418 e. The van der Waals surface area contributed by atoms with E-state index in [1.54, 1.807) is 54.6 Å². The Morgan fingerprint density at radius 1 is 0.649 bits per heavy atom. The minimum atomic E-state index is -4.66. The second kappa shape index (κ2) is 10.1. The molecule has 4 aromatic rings. The molecule has 188 valence electrons. The zero-order valence-electron chi connectivity index (χ0n) is 19.7. The van der Waals surface area contributed by atoms with Crippen LogP contribution >= 0.6 is 0 Å². The highest BCUT2D eigenvalue weighted by Crippen LogP contribution is 2.34. The normalized spacial score (nSPS) is 11.1. The molecule has 0 heterocycles. The highest BCUT2D eigenvalue weighted by atomic mass is 19.4. The Bertz CT molecular complexity index is 1460. The Morgan fingerprint density at radius 3 is 1.51 bits per heavy atom. The standard InChI is InChI=1S/C28H23F3N4O2/c1-16-14-19(6-12-24(16)32)26(36)34-21-8-2-17(3-9-21)18-4-10-22(11-5-18)35-27(37)20-7-13-25(33)23(15-20)28(29,30)31/h2-15H,32-33H2,1H3,(H,34,36)(H,35,37). The fourth-order valence-electron chi connectivity index (χ4n) is 3.66. The Kier molecular flexibility index (Phi) is 6.88. The van der Waals surface area contributed by atoms with Crippen LogP contribution in [-0.2, 0) is 6.18 Å². The molecular weight excluding hydrogens is 481 g/mol. The van der Waals surface area contributed by atoms with Gasteiger partial charge in [0.25, 0.3) is 11.8 Å². The molecule has 0 saturated heterocycles. The number of anilines is 4. The topological polar surface area (TPSA) is 110 Å². The van der Waals surface area contributed by atoms with E-state index in [9.17, 15) is 22.8 Å². The summed E-state index contributed by atoms with van der Waals surface area (Å²) in [5, 5.41) is 5.43. The van der Waals surface area contributed by atoms with Crippen molar-refractivity contribution in [3.63, 3.8) is 0 Å². The van der Waals surface area contributed by atoms with E-state index in [1.807, 2.05) is 19.1 Å². The lowest BCUT2D eigenvalue weighted by Crippen LogP contribution is -2.15. The van der Waals surface area contributed by atoms with Gasteiger partial charge in [-0.3, -0.25) is 9.59 Å². The van der Waals surface area contributed by atoms with E-state index in [0.29, 0.717) is 22.6 Å². The number of carbonyl (C=O) groups excluding carboxylic acids is 2. The van der Waals surface area contributed by atoms with Crippen molar-refractivity contribution in [2.24, 2.45) is 0 Å². The van der Waals surface area contributed by atoms with Crippen molar-refractivity contribution < 1.29 is 22.8 Å². The van der Waals surface area contributed by atoms with Gasteiger partial charge < -0.3 is 22.1 Å². The number of rotatable bonds is 5. The third-order valence-corrected chi connectivity index (χ3v) is 5.77. The first kappa shape index (κ1) is 25.3. The number of amides is 2. The summed E-state index contributed by atoms with van der Waals surface area (Å²) < 4.78 is 39.2. The van der Waals surface area contributed by atoms with Gasteiger partial charge in [0.15, 0.2) is 0 Å². The van der Waals surface area contributed by atoms with Crippen LogP contribution in [0.1, 0.15) is 31.8 Å². The summed E-state index contributed by atoms with van der Waals surface area (Å²) in [6, 6.07) is 22.2. The van der Waals surface area contributed by atoms with Crippen LogP contribution in [0.4, 0.5) is 35.9 Å². The molecule has 0 aromatic heterocycles. The van der Waals surface area contributed by atoms with Gasteiger partial charge in [-0.25, -0.2) is 0 Å². The Hall–Kier alpha value is -4.79. The first-order chi connectivity index (χ1) is 17.5. The van der Waals surface area contributed by atoms with Crippen molar-refractivity contribution in [2.45, 2.75) is 13.1 Å². The Labute approximate surface area is 211 Å². The summed E-state index contributed by atoms with van der Waals surface area (Å²) in [7, 11) is 0. The summed E-state index contributed by atoms with van der Waals surface area (Å²) in [5.41, 5.74) is 14.2. The van der Waals surface area contributed by atoms with Crippen molar-refractivity contribution in [1.82, 2.24) is 0 Å². The Balaban J connectivity index is 1.41. The summed E-state index contributed by atoms with van der Waals surface area (Å²) in [6.07, 6.45) is -4.66. The van der Waals surface area contributed by atoms with Crippen LogP contribution in [0.3, 0.4) is 0 Å². The lowest BCUT2D eigenvalue weighted by atomic mass is 10.0. The molecule has 9 heteroatoms. The van der Waals surface area contributed by atoms with Crippen LogP contribution in [0, 0.1) is 6.92 Å². The van der Waals surface area contributed by atoms with Gasteiger partial charge in [-0.1, -0.05) is 24.3 Å². The molecule has 0 unspecified atom stereocenters. The molecule has 0 aliphatic rings. The molecule has 0 bridgehead atoms. The van der Waals surface area contributed by atoms with Crippen LogP contribution in [0.5, 0.6) is 0 Å². The molecule has 4 aromatic carbocycles. The first-order valence-electron chi connectivity index (χ1n) is 11.2. The number of nitrogens with two attached hydrogens (primary N) is 2. The molecule has 0 aliphatic heterocycles. The van der Waals surface area contributed by atoms with Gasteiger partial charge in [0.05, 0.1) is 5.56 Å². The maximum absolute atomic E-state index is 13.1. The molecule has 0 saturated carbocycles. The number of halogens is 3. The predicted molar refractivity (Wildman–Crippen MR) is 139 cm³/mol. The van der Waals surface area contributed by atoms with E-state index in [0.717, 1.165) is 28.8 Å². The second-order valence-electron chi connectivity index (χ2n) is 8.43. The average molecular weight is 505 g/mol. The number of aryl methyl sites for hydroxylation is 1. The molecule has 37 heavy (non-hydrogen) atoms. The fourth-order valence-corrected chi connectivity index (χ4v) is 3.66. The maximum atomic E-state index is 13.1. The minimum absolute atomic E-state index is 0.155. The highest BCUT2D eigenvalue weighted by molar-refractivity contribution is 6.05. The molecule has 0 atom stereocenters. The van der Waals surface area contributed by atoms with Gasteiger partial charge >= 0.3 is 6.18 Å². The largest absolute Gasteiger partial charge is 0.418 e. The van der Waals surface area contributed by atoms with E-state index in [1.165, 1.54) is 6.07 Å². The second-order valence-corrected chi connectivity index (χ2v) is 8.43. The van der Waals surface area contributed by atoms with Gasteiger partial charge in [0.2, 0.25) is 0 Å². The summed E-state index contributed by atoms with van der Waals surface area (Å²) in [6.45, 7) is 1.83. The number of nitrogen functional groups attached to an aromatic ring is 2. The first-order valence-corrected chi connectivity index (χ1v) is 11.2. The monoisotopic (exact) mass is 504 g/mol. The summed E-state index contributed by atoms with van der Waals surface area (Å²) in [4.78, 5) is 25.0. The van der Waals surface area contributed by atoms with Gasteiger partial charge in [0, 0.05) is 33.9 Å². The number of hydrogen-bond donors (Lipinski definition) is 4. The molecule has 2 amide bonds. The average Bonchev–Trinajstić information content (AvgIpc) is 2.86. The van der Waals surface area contributed by atoms with Crippen LogP contribution in [-0.4, -0.2) is 11.8 Å². The lowest BCUT2D eigenvalue weighted by Gasteiger charge is -2.12. The minimum Gasteiger partial charge on any atom is -0.399 e. The van der Waals surface area contributed by atoms with Gasteiger partial charge in [0.1, 0.15) is 0 Å². The predicted octanol–water partition coefficient (Wildman–Crippen LogP) is 6.35. The molecule has 6 N–H and O–H groups in total. The molecule has 0 aliphatic carbocycles. The highest BCUT2D eigenvalue weighted by Gasteiger charge is 2.33. The van der Waals surface area contributed by atoms with Gasteiger partial charge in [-0.15, -0.1) is 0 Å². The molecule has 6 nitrogen and oxygen atoms in total. The van der Waals surface area contributed by atoms with E-state index < -0.39 is 23.3 Å². The fraction of sp³-hybridized carbons (Fsp3) is 0.0714. The van der Waals surface area contributed by atoms with E-state index in [2.05, 4.69) is 10.6 Å². The quantitative estimate of drug-likeness (QED) is 0.237. The molecule has 0 spiro atoms. The third kappa shape index (κ3) is 5.90. The number of benzene rings is 4. The van der Waals surface area contributed by atoms with Gasteiger partial charge in [-0.05, 0) is 84.3 Å². The smallest absolute Gasteiger partial charge is 0.399 e. The zero-order chi connectivity index (χ0) is 26.7. The number of hydrogen-bond acceptors (Lipinski definition) is 4. The zero-order valence-corrected chi connectivity index (χ0v) is 19.7. The van der Waals surface area contributed by atoms with Crippen LogP contribution in [0.2, 0.25) is 0 Å². The molecule has 0 fully saturated rings. The third-order valence-electron chi connectivity index (χ3n) is 5.77. The number of alkyl halides is 3. The molecular formula is C28H23F3N4O2. The Morgan fingerprint density at radius 2 is 1.08 bits per heavy atom. The van der Waals surface area contributed by atoms with Crippen molar-refractivity contribution >= 4 is 34.6 Å². The van der Waals surface area contributed by atoms with Gasteiger partial charge in [-0.2, -0.15) is 13.2 Å². The van der Waals surface area contributed by atoms with Crippen LogP contribution in [0.25, 0.3) is 11.1 Å². The summed E-state index contributed by atoms with van der Waals surface area (Å²) in [5.74, 6) is -0.936. The van der Waals surface area contributed by atoms with E-state index in [-0.39, 0.29) is 11.5 Å². The van der Waals surface area contributed by atoms with Crippen molar-refractivity contribution in [1.29, 1.82) is 0 Å². The van der Waals surface area contributed by atoms with Crippen LogP contribution in [0.15, 0.2) is 84.9 Å². The number of nitrogens with one attached hydrogen (secondary N) is 2. The van der Waals surface area contributed by atoms with Crippen LogP contribution < -0.4 is 22.1 Å². The van der Waals surface area contributed by atoms with Crippen molar-refractivity contribution in [3.05, 3.63) is 107 Å². The molecule has 0 radical (unpaired) electrons.